The zero-order valence-electron chi connectivity index (χ0n) is 13.0. The number of allylic oxidation sites excluding steroid dienone is 1. The predicted molar refractivity (Wildman–Crippen MR) is 84.2 cm³/mol. The van der Waals surface area contributed by atoms with Crippen molar-refractivity contribution in [2.75, 3.05) is 0 Å². The lowest BCUT2D eigenvalue weighted by Crippen LogP contribution is -2.23. The molecule has 1 N–H and O–H groups in total. The molecule has 2 heteroatoms. The van der Waals surface area contributed by atoms with Crippen LogP contribution >= 0.6 is 0 Å². The van der Waals surface area contributed by atoms with Gasteiger partial charge in [-0.15, -0.1) is 6.58 Å². The number of ketones is 1. The normalized spacial score (nSPS) is 22.1. The van der Waals surface area contributed by atoms with Gasteiger partial charge in [-0.05, 0) is 39.0 Å². The van der Waals surface area contributed by atoms with Gasteiger partial charge in [0.25, 0.3) is 0 Å². The highest BCUT2D eigenvalue weighted by Crippen LogP contribution is 2.30. The molecule has 0 aromatic rings. The van der Waals surface area contributed by atoms with Gasteiger partial charge in [-0.3, -0.25) is 4.79 Å². The molecule has 0 amide bonds. The summed E-state index contributed by atoms with van der Waals surface area (Å²) >= 11 is 0. The minimum absolute atomic E-state index is 0.0210. The molecule has 0 aromatic heterocycles. The molecule has 0 heterocycles. The van der Waals surface area contributed by atoms with E-state index in [-0.39, 0.29) is 11.7 Å². The van der Waals surface area contributed by atoms with E-state index in [0.29, 0.717) is 12.3 Å². The highest BCUT2D eigenvalue weighted by atomic mass is 16.3. The molecule has 1 saturated carbocycles. The molecule has 1 radical (unpaired) electrons. The van der Waals surface area contributed by atoms with Crippen LogP contribution in [0.1, 0.15) is 58.8 Å². The first-order valence-corrected chi connectivity index (χ1v) is 7.82. The van der Waals surface area contributed by atoms with Crippen molar-refractivity contribution in [3.05, 3.63) is 31.2 Å². The van der Waals surface area contributed by atoms with Gasteiger partial charge in [0.15, 0.2) is 0 Å². The van der Waals surface area contributed by atoms with Gasteiger partial charge >= 0.3 is 0 Å². The highest BCUT2D eigenvalue weighted by Gasteiger charge is 2.24. The van der Waals surface area contributed by atoms with Crippen molar-refractivity contribution in [1.82, 2.24) is 0 Å². The van der Waals surface area contributed by atoms with E-state index in [2.05, 4.69) is 6.58 Å². The van der Waals surface area contributed by atoms with Crippen LogP contribution in [0.25, 0.3) is 0 Å². The molecule has 1 aliphatic rings. The minimum Gasteiger partial charge on any atom is -0.389 e. The van der Waals surface area contributed by atoms with Crippen LogP contribution < -0.4 is 0 Å². The van der Waals surface area contributed by atoms with E-state index in [0.717, 1.165) is 12.8 Å². The van der Waals surface area contributed by atoms with Crippen LogP contribution in [0.15, 0.2) is 24.8 Å². The summed E-state index contributed by atoms with van der Waals surface area (Å²) < 4.78 is 0. The highest BCUT2D eigenvalue weighted by molar-refractivity contribution is 5.80. The molecule has 2 atom stereocenters. The van der Waals surface area contributed by atoms with Crippen LogP contribution in [0.5, 0.6) is 0 Å². The van der Waals surface area contributed by atoms with E-state index in [1.54, 1.807) is 26.3 Å². The SMILES string of the molecule is C=C[CH]C(C)(O)C/C=C/[C@H](C(C)=O)C1CCCCCC1. The molecule has 0 aromatic carbocycles. The first kappa shape index (κ1) is 17.2. The number of hydrogen-bond acceptors (Lipinski definition) is 2. The van der Waals surface area contributed by atoms with Crippen LogP contribution in [0.2, 0.25) is 0 Å². The lowest BCUT2D eigenvalue weighted by Gasteiger charge is -2.22. The van der Waals surface area contributed by atoms with E-state index in [1.807, 2.05) is 12.2 Å². The first-order chi connectivity index (χ1) is 9.46. The maximum Gasteiger partial charge on any atom is 0.136 e. The molecular weight excluding hydrogens is 248 g/mol. The van der Waals surface area contributed by atoms with Crippen LogP contribution in [0, 0.1) is 18.3 Å². The van der Waals surface area contributed by atoms with Crippen LogP contribution in [-0.4, -0.2) is 16.5 Å². The van der Waals surface area contributed by atoms with E-state index in [4.69, 9.17) is 0 Å². The van der Waals surface area contributed by atoms with Crippen molar-refractivity contribution >= 4 is 5.78 Å². The Bertz CT molecular complexity index is 333. The number of aliphatic hydroxyl groups is 1. The summed E-state index contributed by atoms with van der Waals surface area (Å²) in [7, 11) is 0. The van der Waals surface area contributed by atoms with Crippen molar-refractivity contribution < 1.29 is 9.90 Å². The Kier molecular flexibility index (Phi) is 7.22. The summed E-state index contributed by atoms with van der Waals surface area (Å²) in [6.45, 7) is 7.05. The quantitative estimate of drug-likeness (QED) is 0.558. The lowest BCUT2D eigenvalue weighted by molar-refractivity contribution is -0.120. The van der Waals surface area contributed by atoms with Crippen LogP contribution in [0.4, 0.5) is 0 Å². The zero-order chi connectivity index (χ0) is 15.0. The Morgan fingerprint density at radius 1 is 1.35 bits per heavy atom. The van der Waals surface area contributed by atoms with E-state index in [9.17, 15) is 9.90 Å². The van der Waals surface area contributed by atoms with Gasteiger partial charge < -0.3 is 5.11 Å². The van der Waals surface area contributed by atoms with E-state index >= 15 is 0 Å². The Morgan fingerprint density at radius 2 is 1.95 bits per heavy atom. The molecule has 2 nitrogen and oxygen atoms in total. The second-order valence-electron chi connectivity index (χ2n) is 6.28. The van der Waals surface area contributed by atoms with Gasteiger partial charge in [0.05, 0.1) is 5.60 Å². The average Bonchev–Trinajstić information content (AvgIpc) is 2.62. The minimum atomic E-state index is -0.872. The summed E-state index contributed by atoms with van der Waals surface area (Å²) in [5.74, 6) is 0.757. The van der Waals surface area contributed by atoms with Gasteiger partial charge in [-0.25, -0.2) is 0 Å². The van der Waals surface area contributed by atoms with Gasteiger partial charge in [0.1, 0.15) is 5.78 Å². The topological polar surface area (TPSA) is 37.3 Å². The zero-order valence-corrected chi connectivity index (χ0v) is 13.0. The molecule has 0 bridgehead atoms. The molecular formula is C18H29O2. The third-order valence-electron chi connectivity index (χ3n) is 4.23. The maximum absolute atomic E-state index is 11.9. The molecule has 0 saturated heterocycles. The molecule has 1 unspecified atom stereocenters. The molecule has 1 rings (SSSR count). The van der Waals surface area contributed by atoms with Crippen molar-refractivity contribution in [3.8, 4) is 0 Å². The Balaban J connectivity index is 2.62. The Hall–Kier alpha value is -0.890. The molecule has 0 aliphatic heterocycles. The van der Waals surface area contributed by atoms with Gasteiger partial charge in [0.2, 0.25) is 0 Å². The van der Waals surface area contributed by atoms with Crippen molar-refractivity contribution in [2.45, 2.75) is 64.4 Å². The van der Waals surface area contributed by atoms with Gasteiger partial charge in [-0.2, -0.15) is 0 Å². The third-order valence-corrected chi connectivity index (χ3v) is 4.23. The summed E-state index contributed by atoms with van der Waals surface area (Å²) in [6, 6.07) is 0. The maximum atomic E-state index is 11.9. The summed E-state index contributed by atoms with van der Waals surface area (Å²) in [5.41, 5.74) is -0.872. The summed E-state index contributed by atoms with van der Waals surface area (Å²) in [4.78, 5) is 11.9. The number of hydrogen-bond donors (Lipinski definition) is 1. The second-order valence-corrected chi connectivity index (χ2v) is 6.28. The number of rotatable bonds is 7. The third kappa shape index (κ3) is 6.04. The fourth-order valence-corrected chi connectivity index (χ4v) is 3.07. The van der Waals surface area contributed by atoms with Crippen molar-refractivity contribution in [1.29, 1.82) is 0 Å². The van der Waals surface area contributed by atoms with Gasteiger partial charge in [0, 0.05) is 12.3 Å². The first-order valence-electron chi connectivity index (χ1n) is 7.82. The standard InChI is InChI=1S/C18H29O2/c1-4-13-18(3,20)14-9-12-17(15(2)19)16-10-7-5-6-8-11-16/h4,9,12-13,16-17,20H,1,5-8,10-11,14H2,2-3H3/b12-9+/t17-,18?/m1/s1. The number of carbonyl (C=O) groups excluding carboxylic acids is 1. The van der Waals surface area contributed by atoms with Crippen molar-refractivity contribution in [3.63, 3.8) is 0 Å². The lowest BCUT2D eigenvalue weighted by atomic mass is 9.83. The van der Waals surface area contributed by atoms with E-state index in [1.165, 1.54) is 25.7 Å². The Labute approximate surface area is 124 Å². The molecule has 20 heavy (non-hydrogen) atoms. The van der Waals surface area contributed by atoms with Gasteiger partial charge in [-0.1, -0.05) is 43.9 Å². The van der Waals surface area contributed by atoms with Crippen LogP contribution in [-0.2, 0) is 4.79 Å². The summed E-state index contributed by atoms with van der Waals surface area (Å²) in [6.07, 6.45) is 15.2. The average molecular weight is 277 g/mol. The fourth-order valence-electron chi connectivity index (χ4n) is 3.07. The Morgan fingerprint density at radius 3 is 2.45 bits per heavy atom. The molecule has 1 aliphatic carbocycles. The van der Waals surface area contributed by atoms with Crippen molar-refractivity contribution in [2.24, 2.45) is 11.8 Å². The monoisotopic (exact) mass is 277 g/mol. The number of Topliss-reactive ketones (excluding diaryl/α,β-unsaturated/α-hetero) is 1. The largest absolute Gasteiger partial charge is 0.389 e. The predicted octanol–water partition coefficient (Wildman–Crippen LogP) is 4.25. The molecule has 0 spiro atoms. The van der Waals surface area contributed by atoms with E-state index < -0.39 is 5.60 Å². The second kappa shape index (κ2) is 8.41. The molecule has 1 fully saturated rings. The smallest absolute Gasteiger partial charge is 0.136 e. The fraction of sp³-hybridized carbons (Fsp3) is 0.667. The molecule has 113 valence electrons. The number of carbonyl (C=O) groups is 1. The van der Waals surface area contributed by atoms with Crippen LogP contribution in [0.3, 0.4) is 0 Å². The summed E-state index contributed by atoms with van der Waals surface area (Å²) in [5, 5.41) is 10.1.